The van der Waals surface area contributed by atoms with Gasteiger partial charge in [0.25, 0.3) is 0 Å². The van der Waals surface area contributed by atoms with E-state index in [1.807, 2.05) is 0 Å². The van der Waals surface area contributed by atoms with Gasteiger partial charge in [0.05, 0.1) is 5.41 Å². The molecule has 4 aliphatic rings. The van der Waals surface area contributed by atoms with Gasteiger partial charge < -0.3 is 0 Å². The third kappa shape index (κ3) is 3.14. The van der Waals surface area contributed by atoms with Crippen molar-refractivity contribution in [2.45, 2.75) is 43.4 Å². The first-order chi connectivity index (χ1) is 19.6. The summed E-state index contributed by atoms with van der Waals surface area (Å²) in [6.45, 7) is 4.87. The quantitative estimate of drug-likeness (QED) is 0.255. The lowest BCUT2D eigenvalue weighted by Gasteiger charge is -2.36. The highest BCUT2D eigenvalue weighted by molar-refractivity contribution is 5.92. The molecule has 0 saturated heterocycles. The Morgan fingerprint density at radius 3 is 2.08 bits per heavy atom. The first-order valence-corrected chi connectivity index (χ1v) is 14.7. The molecule has 0 N–H and O–H groups in total. The average Bonchev–Trinajstić information content (AvgIpc) is 3.44. The average molecular weight is 515 g/mol. The monoisotopic (exact) mass is 514 g/mol. The van der Waals surface area contributed by atoms with E-state index in [0.29, 0.717) is 11.8 Å². The molecule has 0 radical (unpaired) electrons. The molecule has 2 unspecified atom stereocenters. The lowest BCUT2D eigenvalue weighted by atomic mass is 9.66. The minimum absolute atomic E-state index is 0.123. The molecular formula is C40H34. The normalized spacial score (nSPS) is 22.8. The third-order valence-corrected chi connectivity index (χ3v) is 10.2. The Morgan fingerprint density at radius 1 is 0.650 bits per heavy atom. The van der Waals surface area contributed by atoms with E-state index in [1.165, 1.54) is 55.7 Å². The van der Waals surface area contributed by atoms with Crippen LogP contribution < -0.4 is 0 Å². The van der Waals surface area contributed by atoms with Crippen molar-refractivity contribution in [3.05, 3.63) is 178 Å². The van der Waals surface area contributed by atoms with Gasteiger partial charge in [0.2, 0.25) is 0 Å². The van der Waals surface area contributed by atoms with Gasteiger partial charge in [-0.3, -0.25) is 0 Å². The van der Waals surface area contributed by atoms with Crippen LogP contribution in [0, 0.1) is 5.92 Å². The maximum absolute atomic E-state index is 2.56. The second-order valence-corrected chi connectivity index (χ2v) is 12.4. The van der Waals surface area contributed by atoms with Crippen LogP contribution in [-0.4, -0.2) is 0 Å². The summed E-state index contributed by atoms with van der Waals surface area (Å²) in [5.74, 6) is 1.03. The molecular weight excluding hydrogens is 480 g/mol. The standard InChI is InChI=1S/C40H34/c1-39(2)35-19-11-9-17-31(35)33-23-21-27(25-37(33)39)28-22-24-34-32-18-10-12-20-36(32)40(38(34)26-28,29-13-5-3-6-14-29)30-15-7-4-8-16-30/h3-21,23,25-26,31,35H,22,24H2,1-2H3. The maximum Gasteiger partial charge on any atom is 0.0710 e. The largest absolute Gasteiger partial charge is 0.0796 e. The minimum atomic E-state index is -0.319. The third-order valence-electron chi connectivity index (χ3n) is 10.2. The van der Waals surface area contributed by atoms with Gasteiger partial charge >= 0.3 is 0 Å². The Morgan fingerprint density at radius 2 is 1.32 bits per heavy atom. The van der Waals surface area contributed by atoms with E-state index < -0.39 is 0 Å². The molecule has 0 spiro atoms. The summed E-state index contributed by atoms with van der Waals surface area (Å²) in [7, 11) is 0. The lowest BCUT2D eigenvalue weighted by Crippen LogP contribution is -2.29. The highest BCUT2D eigenvalue weighted by Crippen LogP contribution is 2.59. The first-order valence-electron chi connectivity index (χ1n) is 14.7. The van der Waals surface area contributed by atoms with Gasteiger partial charge in [0.15, 0.2) is 0 Å². The van der Waals surface area contributed by atoms with Gasteiger partial charge in [-0.15, -0.1) is 0 Å². The summed E-state index contributed by atoms with van der Waals surface area (Å²) in [5, 5.41) is 0. The van der Waals surface area contributed by atoms with E-state index >= 15 is 0 Å². The summed E-state index contributed by atoms with van der Waals surface area (Å²) < 4.78 is 0. The fraction of sp³-hybridized carbons (Fsp3) is 0.200. The van der Waals surface area contributed by atoms with Crippen LogP contribution in [0.15, 0.2) is 139 Å². The van der Waals surface area contributed by atoms with E-state index in [9.17, 15) is 0 Å². The maximum atomic E-state index is 2.56. The molecule has 0 amide bonds. The van der Waals surface area contributed by atoms with Crippen LogP contribution in [-0.2, 0) is 10.8 Å². The fourth-order valence-electron chi connectivity index (χ4n) is 8.33. The minimum Gasteiger partial charge on any atom is -0.0796 e. The molecule has 0 fully saturated rings. The first kappa shape index (κ1) is 23.7. The molecule has 4 aromatic carbocycles. The molecule has 0 nitrogen and oxygen atoms in total. The van der Waals surface area contributed by atoms with Crippen LogP contribution in [0.25, 0.3) is 11.1 Å². The number of fused-ring (bicyclic) bond motifs is 5. The summed E-state index contributed by atoms with van der Waals surface area (Å²) in [5.41, 5.74) is 14.1. The Labute approximate surface area is 238 Å². The van der Waals surface area contributed by atoms with E-state index in [2.05, 4.69) is 147 Å². The predicted octanol–water partition coefficient (Wildman–Crippen LogP) is 9.78. The zero-order valence-corrected chi connectivity index (χ0v) is 23.3. The Kier molecular flexibility index (Phi) is 5.14. The van der Waals surface area contributed by atoms with E-state index in [1.54, 1.807) is 0 Å². The van der Waals surface area contributed by atoms with Gasteiger partial charge in [-0.05, 0) is 79.8 Å². The van der Waals surface area contributed by atoms with Crippen molar-refractivity contribution < 1.29 is 0 Å². The van der Waals surface area contributed by atoms with Crippen LogP contribution in [0.4, 0.5) is 0 Å². The second-order valence-electron chi connectivity index (χ2n) is 12.4. The number of rotatable bonds is 3. The molecule has 0 aromatic heterocycles. The van der Waals surface area contributed by atoms with E-state index in [4.69, 9.17) is 0 Å². The Hall–Kier alpha value is -4.16. The van der Waals surface area contributed by atoms with Crippen molar-refractivity contribution in [2.75, 3.05) is 0 Å². The number of allylic oxidation sites excluding steroid dienone is 8. The molecule has 194 valence electrons. The SMILES string of the molecule is CC1(C)c2cc(C3=CC4=C(CC3)c3ccccc3C4(c3ccccc3)c3ccccc3)ccc2C2C=CC=CC21. The molecule has 0 heteroatoms. The van der Waals surface area contributed by atoms with Gasteiger partial charge in [-0.2, -0.15) is 0 Å². The molecule has 4 aromatic rings. The molecule has 4 aliphatic carbocycles. The van der Waals surface area contributed by atoms with Gasteiger partial charge in [-0.1, -0.05) is 147 Å². The molecule has 0 heterocycles. The Balaban J connectivity index is 1.34. The van der Waals surface area contributed by atoms with Crippen molar-refractivity contribution in [3.8, 4) is 0 Å². The molecule has 0 saturated carbocycles. The van der Waals surface area contributed by atoms with Crippen LogP contribution >= 0.6 is 0 Å². The van der Waals surface area contributed by atoms with Crippen molar-refractivity contribution in [1.82, 2.24) is 0 Å². The van der Waals surface area contributed by atoms with E-state index in [-0.39, 0.29) is 10.8 Å². The Bertz CT molecular complexity index is 1720. The number of benzene rings is 4. The fourth-order valence-corrected chi connectivity index (χ4v) is 8.33. The number of hydrogen-bond acceptors (Lipinski definition) is 0. The zero-order valence-electron chi connectivity index (χ0n) is 23.3. The lowest BCUT2D eigenvalue weighted by molar-refractivity contribution is 0.394. The summed E-state index contributed by atoms with van der Waals surface area (Å²) >= 11 is 0. The summed E-state index contributed by atoms with van der Waals surface area (Å²) in [6, 6.07) is 38.8. The van der Waals surface area contributed by atoms with Crippen molar-refractivity contribution >= 4 is 11.1 Å². The number of hydrogen-bond donors (Lipinski definition) is 0. The topological polar surface area (TPSA) is 0 Å². The second kappa shape index (κ2) is 8.67. The smallest absolute Gasteiger partial charge is 0.0710 e. The van der Waals surface area contributed by atoms with Gasteiger partial charge in [0.1, 0.15) is 0 Å². The zero-order chi connectivity index (χ0) is 26.9. The van der Waals surface area contributed by atoms with Crippen molar-refractivity contribution in [2.24, 2.45) is 5.92 Å². The predicted molar refractivity (Wildman–Crippen MR) is 167 cm³/mol. The molecule has 0 bridgehead atoms. The molecule has 40 heavy (non-hydrogen) atoms. The van der Waals surface area contributed by atoms with Crippen LogP contribution in [0.1, 0.15) is 71.6 Å². The molecule has 0 aliphatic heterocycles. The van der Waals surface area contributed by atoms with Crippen LogP contribution in [0.2, 0.25) is 0 Å². The van der Waals surface area contributed by atoms with Gasteiger partial charge in [-0.25, -0.2) is 0 Å². The highest BCUT2D eigenvalue weighted by Gasteiger charge is 2.48. The van der Waals surface area contributed by atoms with Crippen molar-refractivity contribution in [1.29, 1.82) is 0 Å². The summed E-state index contributed by atoms with van der Waals surface area (Å²) in [6.07, 6.45) is 14.0. The molecule has 2 atom stereocenters. The van der Waals surface area contributed by atoms with Crippen molar-refractivity contribution in [3.63, 3.8) is 0 Å². The molecule has 8 rings (SSSR count). The summed E-state index contributed by atoms with van der Waals surface area (Å²) in [4.78, 5) is 0. The van der Waals surface area contributed by atoms with Crippen LogP contribution in [0.5, 0.6) is 0 Å². The van der Waals surface area contributed by atoms with Gasteiger partial charge in [0, 0.05) is 5.92 Å². The van der Waals surface area contributed by atoms with Crippen LogP contribution in [0.3, 0.4) is 0 Å². The highest BCUT2D eigenvalue weighted by atomic mass is 14.5. The van der Waals surface area contributed by atoms with E-state index in [0.717, 1.165) is 12.8 Å².